The van der Waals surface area contributed by atoms with Crippen LogP contribution in [0.25, 0.3) is 0 Å². The van der Waals surface area contributed by atoms with E-state index in [4.69, 9.17) is 0 Å². The van der Waals surface area contributed by atoms with Gasteiger partial charge in [-0.2, -0.15) is 5.10 Å². The maximum atomic E-state index is 11.9. The van der Waals surface area contributed by atoms with Gasteiger partial charge in [0, 0.05) is 18.6 Å². The minimum atomic E-state index is -3.30. The van der Waals surface area contributed by atoms with E-state index in [9.17, 15) is 13.2 Å². The molecular formula is C11H19BrN4O3S. The number of aromatic nitrogens is 2. The van der Waals surface area contributed by atoms with E-state index in [-0.39, 0.29) is 5.56 Å². The second-order valence-corrected chi connectivity index (χ2v) is 7.65. The van der Waals surface area contributed by atoms with E-state index in [1.54, 1.807) is 13.8 Å². The molecule has 0 radical (unpaired) electrons. The fraction of sp³-hybridized carbons (Fsp3) is 0.636. The topological polar surface area (TPSA) is 93.1 Å². The van der Waals surface area contributed by atoms with E-state index < -0.39 is 15.6 Å². The Hall–Kier alpha value is -0.930. The molecule has 0 spiro atoms. The first-order valence-corrected chi connectivity index (χ1v) is 8.72. The third-order valence-electron chi connectivity index (χ3n) is 2.47. The van der Waals surface area contributed by atoms with Crippen LogP contribution in [0.4, 0.5) is 5.69 Å². The van der Waals surface area contributed by atoms with Gasteiger partial charge in [-0.25, -0.2) is 17.8 Å². The number of nitrogens with one attached hydrogen (secondary N) is 2. The van der Waals surface area contributed by atoms with Gasteiger partial charge in [0.2, 0.25) is 10.0 Å². The van der Waals surface area contributed by atoms with E-state index in [0.29, 0.717) is 23.2 Å². The van der Waals surface area contributed by atoms with Crippen LogP contribution in [0.3, 0.4) is 0 Å². The van der Waals surface area contributed by atoms with Gasteiger partial charge in [0.1, 0.15) is 4.47 Å². The minimum Gasteiger partial charge on any atom is -0.381 e. The molecule has 0 aliphatic rings. The monoisotopic (exact) mass is 366 g/mol. The van der Waals surface area contributed by atoms with Gasteiger partial charge >= 0.3 is 0 Å². The van der Waals surface area contributed by atoms with Crippen molar-refractivity contribution in [2.75, 3.05) is 18.1 Å². The lowest BCUT2D eigenvalue weighted by atomic mass is 10.1. The second-order valence-electron chi connectivity index (χ2n) is 5.10. The number of rotatable bonds is 6. The maximum Gasteiger partial charge on any atom is 0.283 e. The molecule has 1 heterocycles. The van der Waals surface area contributed by atoms with Crippen LogP contribution in [0.15, 0.2) is 15.5 Å². The fourth-order valence-electron chi connectivity index (χ4n) is 1.67. The summed E-state index contributed by atoms with van der Waals surface area (Å²) >= 11 is 3.23. The first-order valence-electron chi connectivity index (χ1n) is 6.04. The van der Waals surface area contributed by atoms with E-state index in [1.807, 2.05) is 6.92 Å². The number of hydrogen-bond donors (Lipinski definition) is 2. The van der Waals surface area contributed by atoms with Gasteiger partial charge in [-0.1, -0.05) is 0 Å². The molecule has 0 aliphatic heterocycles. The average molecular weight is 367 g/mol. The molecule has 1 aromatic heterocycles. The molecule has 0 unspecified atom stereocenters. The van der Waals surface area contributed by atoms with Crippen LogP contribution in [0.1, 0.15) is 20.8 Å². The molecule has 1 aromatic rings. The lowest BCUT2D eigenvalue weighted by Crippen LogP contribution is -2.47. The molecule has 0 amide bonds. The Morgan fingerprint density at radius 3 is 2.55 bits per heavy atom. The van der Waals surface area contributed by atoms with E-state index in [2.05, 4.69) is 31.1 Å². The highest BCUT2D eigenvalue weighted by atomic mass is 79.9. The SMILES string of the molecule is CCn1ncc(NCC(C)(C)NS(C)(=O)=O)c(Br)c1=O. The fourth-order valence-corrected chi connectivity index (χ4v) is 3.19. The van der Waals surface area contributed by atoms with Crippen molar-refractivity contribution in [2.45, 2.75) is 32.9 Å². The van der Waals surface area contributed by atoms with Crippen molar-refractivity contribution in [1.29, 1.82) is 0 Å². The number of hydrogen-bond acceptors (Lipinski definition) is 5. The lowest BCUT2D eigenvalue weighted by molar-refractivity contribution is 0.476. The predicted molar refractivity (Wildman–Crippen MR) is 82.4 cm³/mol. The Bertz CT molecular complexity index is 640. The Morgan fingerprint density at radius 2 is 2.05 bits per heavy atom. The molecule has 0 saturated carbocycles. The molecule has 114 valence electrons. The Labute approximate surface area is 126 Å². The summed E-state index contributed by atoms with van der Waals surface area (Å²) in [4.78, 5) is 11.9. The van der Waals surface area contributed by atoms with Crippen molar-refractivity contribution < 1.29 is 8.42 Å². The van der Waals surface area contributed by atoms with Crippen molar-refractivity contribution >= 4 is 31.6 Å². The highest BCUT2D eigenvalue weighted by Gasteiger charge is 2.22. The van der Waals surface area contributed by atoms with E-state index in [1.165, 1.54) is 10.9 Å². The third-order valence-corrected chi connectivity index (χ3v) is 4.16. The molecule has 1 rings (SSSR count). The predicted octanol–water partition coefficient (Wildman–Crippen LogP) is 0.765. The van der Waals surface area contributed by atoms with E-state index in [0.717, 1.165) is 6.26 Å². The standard InChI is InChI=1S/C11H19BrN4O3S/c1-5-16-10(17)9(12)8(6-14-16)13-7-11(2,3)15-20(4,18)19/h6,13,15H,5,7H2,1-4H3. The molecule has 0 bridgehead atoms. The zero-order valence-corrected chi connectivity index (χ0v) is 14.3. The first-order chi connectivity index (χ1) is 9.06. The van der Waals surface area contributed by atoms with Crippen LogP contribution in [-0.2, 0) is 16.6 Å². The van der Waals surface area contributed by atoms with E-state index >= 15 is 0 Å². The van der Waals surface area contributed by atoms with Crippen LogP contribution in [0, 0.1) is 0 Å². The van der Waals surface area contributed by atoms with Crippen molar-refractivity contribution in [3.63, 3.8) is 0 Å². The largest absolute Gasteiger partial charge is 0.381 e. The lowest BCUT2D eigenvalue weighted by Gasteiger charge is -2.26. The summed E-state index contributed by atoms with van der Waals surface area (Å²) in [5, 5.41) is 7.02. The quantitative estimate of drug-likeness (QED) is 0.775. The van der Waals surface area contributed by atoms with Gasteiger partial charge in [-0.3, -0.25) is 4.79 Å². The van der Waals surface area contributed by atoms with Crippen LogP contribution < -0.4 is 15.6 Å². The molecule has 0 aromatic carbocycles. The summed E-state index contributed by atoms with van der Waals surface area (Å²) in [6.07, 6.45) is 2.64. The summed E-state index contributed by atoms with van der Waals surface area (Å²) in [7, 11) is -3.30. The summed E-state index contributed by atoms with van der Waals surface area (Å²) in [5.74, 6) is 0. The van der Waals surface area contributed by atoms with Gasteiger partial charge in [0.15, 0.2) is 0 Å². The number of sulfonamides is 1. The van der Waals surface area contributed by atoms with Gasteiger partial charge in [0.05, 0.1) is 18.1 Å². The number of aryl methyl sites for hydroxylation is 1. The number of halogens is 1. The van der Waals surface area contributed by atoms with Gasteiger partial charge in [-0.15, -0.1) is 0 Å². The molecular weight excluding hydrogens is 348 g/mol. The normalized spacial score (nSPS) is 12.4. The van der Waals surface area contributed by atoms with Crippen LogP contribution >= 0.6 is 15.9 Å². The molecule has 20 heavy (non-hydrogen) atoms. The molecule has 9 heteroatoms. The van der Waals surface area contributed by atoms with Gasteiger partial charge in [-0.05, 0) is 36.7 Å². The Balaban J connectivity index is 2.86. The molecule has 0 aliphatic carbocycles. The van der Waals surface area contributed by atoms with Gasteiger partial charge < -0.3 is 5.32 Å². The number of nitrogens with zero attached hydrogens (tertiary/aromatic N) is 2. The van der Waals surface area contributed by atoms with Crippen LogP contribution in [0.5, 0.6) is 0 Å². The summed E-state index contributed by atoms with van der Waals surface area (Å²) in [6, 6.07) is 0. The summed E-state index contributed by atoms with van der Waals surface area (Å²) in [6.45, 7) is 6.12. The first kappa shape index (κ1) is 17.1. The zero-order valence-electron chi connectivity index (χ0n) is 11.9. The molecule has 0 atom stereocenters. The second kappa shape index (κ2) is 6.23. The van der Waals surface area contributed by atoms with Crippen molar-refractivity contribution in [3.8, 4) is 0 Å². The van der Waals surface area contributed by atoms with Crippen LogP contribution in [-0.4, -0.2) is 36.5 Å². The maximum absolute atomic E-state index is 11.9. The highest BCUT2D eigenvalue weighted by Crippen LogP contribution is 2.17. The molecule has 2 N–H and O–H groups in total. The number of anilines is 1. The highest BCUT2D eigenvalue weighted by molar-refractivity contribution is 9.10. The molecule has 0 fully saturated rings. The zero-order chi connectivity index (χ0) is 15.6. The third kappa shape index (κ3) is 4.88. The molecule has 0 saturated heterocycles. The van der Waals surface area contributed by atoms with Crippen molar-refractivity contribution in [1.82, 2.24) is 14.5 Å². The Kier molecular flexibility index (Phi) is 5.33. The van der Waals surface area contributed by atoms with Crippen LogP contribution in [0.2, 0.25) is 0 Å². The minimum absolute atomic E-state index is 0.230. The summed E-state index contributed by atoms with van der Waals surface area (Å²) in [5.41, 5.74) is -0.387. The Morgan fingerprint density at radius 1 is 1.45 bits per heavy atom. The van der Waals surface area contributed by atoms with Gasteiger partial charge in [0.25, 0.3) is 5.56 Å². The molecule has 7 nitrogen and oxygen atoms in total. The smallest absolute Gasteiger partial charge is 0.283 e. The average Bonchev–Trinajstić information content (AvgIpc) is 2.28. The summed E-state index contributed by atoms with van der Waals surface area (Å²) < 4.78 is 26.7. The van der Waals surface area contributed by atoms with Crippen molar-refractivity contribution in [2.24, 2.45) is 0 Å². The van der Waals surface area contributed by atoms with Crippen molar-refractivity contribution in [3.05, 3.63) is 21.0 Å².